The number of hydrogen-bond donors (Lipinski definition) is 2. The lowest BCUT2D eigenvalue weighted by atomic mass is 10.1. The van der Waals surface area contributed by atoms with Crippen LogP contribution in [-0.4, -0.2) is 56.3 Å². The maximum absolute atomic E-state index is 6.36. The van der Waals surface area contributed by atoms with Crippen LogP contribution in [0.3, 0.4) is 0 Å². The topological polar surface area (TPSA) is 105 Å². The molecule has 0 aliphatic rings. The molecule has 0 aliphatic carbocycles. The van der Waals surface area contributed by atoms with Crippen molar-refractivity contribution in [3.8, 4) is 17.1 Å². The first kappa shape index (κ1) is 22.9. The van der Waals surface area contributed by atoms with Crippen molar-refractivity contribution in [2.75, 3.05) is 43.0 Å². The van der Waals surface area contributed by atoms with Gasteiger partial charge in [0.1, 0.15) is 18.2 Å². The molecule has 3 aromatic heterocycles. The maximum atomic E-state index is 6.36. The third-order valence-electron chi connectivity index (χ3n) is 5.26. The fraction of sp³-hybridized carbons (Fsp3) is 0.348. The van der Waals surface area contributed by atoms with Crippen molar-refractivity contribution < 1.29 is 9.47 Å². The lowest BCUT2D eigenvalue weighted by Gasteiger charge is -2.08. The zero-order valence-corrected chi connectivity index (χ0v) is 20.4. The lowest BCUT2D eigenvalue weighted by molar-refractivity contribution is 0.0929. The predicted octanol–water partition coefficient (Wildman–Crippen LogP) is 3.33. The highest BCUT2D eigenvalue weighted by molar-refractivity contribution is 7.95. The molecule has 0 unspecified atom stereocenters. The van der Waals surface area contributed by atoms with E-state index in [4.69, 9.17) is 20.2 Å². The minimum atomic E-state index is 0.349. The van der Waals surface area contributed by atoms with Gasteiger partial charge in [-0.15, -0.1) is 5.10 Å². The number of benzene rings is 1. The smallest absolute Gasteiger partial charge is 0.256 e. The number of anilines is 3. The molecule has 0 atom stereocenters. The number of nitrogens with one attached hydrogen (secondary N) is 1. The molecular formula is C23H30N7O2S+. The summed E-state index contributed by atoms with van der Waals surface area (Å²) >= 11 is 0. The SMILES string of the molecule is COc1nn(C)cc1Nc1ncc(C)c(-c2cn(COCC[S+](C)C)c3c(N)cccc23)n1. The van der Waals surface area contributed by atoms with Crippen LogP contribution in [0.1, 0.15) is 5.56 Å². The summed E-state index contributed by atoms with van der Waals surface area (Å²) in [6, 6.07) is 5.93. The molecule has 0 radical (unpaired) electrons. The number of aryl methyl sites for hydroxylation is 2. The highest BCUT2D eigenvalue weighted by Gasteiger charge is 2.17. The van der Waals surface area contributed by atoms with E-state index in [9.17, 15) is 0 Å². The van der Waals surface area contributed by atoms with Gasteiger partial charge >= 0.3 is 0 Å². The minimum Gasteiger partial charge on any atom is -0.478 e. The Morgan fingerprint density at radius 1 is 1.21 bits per heavy atom. The molecule has 0 aliphatic heterocycles. The maximum Gasteiger partial charge on any atom is 0.256 e. The van der Waals surface area contributed by atoms with E-state index in [0.717, 1.165) is 33.5 Å². The minimum absolute atomic E-state index is 0.349. The number of methoxy groups -OCH3 is 1. The Bertz CT molecular complexity index is 1270. The zero-order chi connectivity index (χ0) is 23.5. The van der Waals surface area contributed by atoms with Crippen molar-refractivity contribution in [3.63, 3.8) is 0 Å². The number of nitrogens with two attached hydrogens (primary N) is 1. The molecule has 0 fully saturated rings. The third-order valence-corrected chi connectivity index (χ3v) is 6.24. The van der Waals surface area contributed by atoms with E-state index >= 15 is 0 Å². The number of nitrogens with zero attached hydrogens (tertiary/aromatic N) is 5. The van der Waals surface area contributed by atoms with Crippen LogP contribution < -0.4 is 15.8 Å². The normalized spacial score (nSPS) is 11.5. The molecule has 174 valence electrons. The molecular weight excluding hydrogens is 438 g/mol. The van der Waals surface area contributed by atoms with Gasteiger partial charge in [-0.1, -0.05) is 12.1 Å². The summed E-state index contributed by atoms with van der Waals surface area (Å²) < 4.78 is 15.0. The van der Waals surface area contributed by atoms with E-state index in [1.54, 1.807) is 11.8 Å². The Morgan fingerprint density at radius 2 is 2.03 bits per heavy atom. The second-order valence-corrected chi connectivity index (χ2v) is 10.4. The molecule has 4 aromatic rings. The fourth-order valence-corrected chi connectivity index (χ4v) is 4.12. The van der Waals surface area contributed by atoms with Gasteiger partial charge in [0.2, 0.25) is 5.95 Å². The quantitative estimate of drug-likeness (QED) is 0.221. The molecule has 33 heavy (non-hydrogen) atoms. The van der Waals surface area contributed by atoms with Crippen molar-refractivity contribution in [1.82, 2.24) is 24.3 Å². The molecule has 3 heterocycles. The van der Waals surface area contributed by atoms with Gasteiger partial charge in [0.05, 0.1) is 49.3 Å². The van der Waals surface area contributed by atoms with Crippen LogP contribution in [-0.2, 0) is 29.4 Å². The number of para-hydroxylation sites is 1. The van der Waals surface area contributed by atoms with Crippen molar-refractivity contribution in [2.24, 2.45) is 7.05 Å². The largest absolute Gasteiger partial charge is 0.478 e. The van der Waals surface area contributed by atoms with Crippen molar-refractivity contribution >= 4 is 39.1 Å². The summed E-state index contributed by atoms with van der Waals surface area (Å²) in [6.45, 7) is 3.15. The van der Waals surface area contributed by atoms with E-state index in [1.165, 1.54) is 0 Å². The molecule has 0 amide bonds. The van der Waals surface area contributed by atoms with Crippen LogP contribution in [0.25, 0.3) is 22.2 Å². The predicted molar refractivity (Wildman–Crippen MR) is 135 cm³/mol. The summed E-state index contributed by atoms with van der Waals surface area (Å²) in [5.41, 5.74) is 11.5. The van der Waals surface area contributed by atoms with Crippen LogP contribution in [0.5, 0.6) is 5.88 Å². The van der Waals surface area contributed by atoms with Gasteiger partial charge in [0.15, 0.2) is 0 Å². The number of ether oxygens (including phenoxy) is 2. The van der Waals surface area contributed by atoms with Crippen molar-refractivity contribution in [1.29, 1.82) is 0 Å². The van der Waals surface area contributed by atoms with Crippen molar-refractivity contribution in [3.05, 3.63) is 42.4 Å². The first-order valence-electron chi connectivity index (χ1n) is 10.5. The fourth-order valence-electron chi connectivity index (χ4n) is 3.67. The van der Waals surface area contributed by atoms with Gasteiger partial charge in [0, 0.05) is 30.4 Å². The number of aromatic nitrogens is 5. The number of nitrogen functional groups attached to an aromatic ring is 1. The second kappa shape index (κ2) is 9.72. The van der Waals surface area contributed by atoms with E-state index in [0.29, 0.717) is 47.4 Å². The molecule has 4 rings (SSSR count). The first-order valence-corrected chi connectivity index (χ1v) is 12.8. The standard InChI is InChI=1S/C23H30N7O2S/c1-15-11-25-23(26-19-13-29(2)28-22(19)31-3)27-20(15)17-12-30(14-32-9-10-33(4)5)21-16(17)7-6-8-18(21)24/h6-8,11-13H,9-10,14,24H2,1-5H3,(H,25,26,27)/q+1. The van der Waals surface area contributed by atoms with Crippen LogP contribution in [0.2, 0.25) is 0 Å². The molecule has 0 spiro atoms. The van der Waals surface area contributed by atoms with Gasteiger partial charge in [-0.25, -0.2) is 9.97 Å². The van der Waals surface area contributed by atoms with E-state index in [1.807, 2.05) is 38.5 Å². The van der Waals surface area contributed by atoms with Gasteiger partial charge in [-0.05, 0) is 29.4 Å². The molecule has 0 bridgehead atoms. The van der Waals surface area contributed by atoms with E-state index < -0.39 is 0 Å². The lowest BCUT2D eigenvalue weighted by Crippen LogP contribution is -2.11. The van der Waals surface area contributed by atoms with Gasteiger partial charge in [-0.3, -0.25) is 4.68 Å². The van der Waals surface area contributed by atoms with Crippen molar-refractivity contribution in [2.45, 2.75) is 13.7 Å². The van der Waals surface area contributed by atoms with Gasteiger partial charge < -0.3 is 25.1 Å². The second-order valence-electron chi connectivity index (χ2n) is 8.06. The summed E-state index contributed by atoms with van der Waals surface area (Å²) in [4.78, 5) is 9.28. The summed E-state index contributed by atoms with van der Waals surface area (Å²) in [5, 5.41) is 8.51. The molecule has 3 N–H and O–H groups in total. The zero-order valence-electron chi connectivity index (χ0n) is 19.6. The summed E-state index contributed by atoms with van der Waals surface area (Å²) in [5.74, 6) is 1.98. The summed E-state index contributed by atoms with van der Waals surface area (Å²) in [7, 11) is 3.76. The molecule has 10 heteroatoms. The average Bonchev–Trinajstić information content (AvgIpc) is 3.33. The Kier molecular flexibility index (Phi) is 6.75. The number of fused-ring (bicyclic) bond motifs is 1. The highest BCUT2D eigenvalue weighted by Crippen LogP contribution is 2.35. The molecule has 9 nitrogen and oxygen atoms in total. The highest BCUT2D eigenvalue weighted by atomic mass is 32.2. The Morgan fingerprint density at radius 3 is 2.79 bits per heavy atom. The number of rotatable bonds is 9. The van der Waals surface area contributed by atoms with E-state index in [2.05, 4.69) is 44.7 Å². The van der Waals surface area contributed by atoms with Crippen LogP contribution in [0.15, 0.2) is 36.8 Å². The average molecular weight is 469 g/mol. The Hall–Kier alpha value is -3.24. The Labute approximate surface area is 196 Å². The van der Waals surface area contributed by atoms with Crippen LogP contribution in [0, 0.1) is 6.92 Å². The molecule has 0 saturated heterocycles. The van der Waals surface area contributed by atoms with E-state index in [-0.39, 0.29) is 0 Å². The van der Waals surface area contributed by atoms with Gasteiger partial charge in [0.25, 0.3) is 5.88 Å². The van der Waals surface area contributed by atoms with Crippen LogP contribution >= 0.6 is 0 Å². The Balaban J connectivity index is 1.71. The first-order chi connectivity index (χ1) is 15.9. The monoisotopic (exact) mass is 468 g/mol. The molecule has 1 aromatic carbocycles. The summed E-state index contributed by atoms with van der Waals surface area (Å²) in [6.07, 6.45) is 10.1. The number of hydrogen-bond acceptors (Lipinski definition) is 7. The van der Waals surface area contributed by atoms with Gasteiger partial charge in [-0.2, -0.15) is 0 Å². The third kappa shape index (κ3) is 4.91. The van der Waals surface area contributed by atoms with Crippen LogP contribution in [0.4, 0.5) is 17.3 Å². The molecule has 0 saturated carbocycles.